The number of carbonyl (C=O) groups is 2. The van der Waals surface area contributed by atoms with Crippen LogP contribution >= 0.6 is 0 Å². The van der Waals surface area contributed by atoms with Gasteiger partial charge in [-0.15, -0.1) is 0 Å². The Morgan fingerprint density at radius 3 is 2.34 bits per heavy atom. The van der Waals surface area contributed by atoms with E-state index in [1.54, 1.807) is 0 Å². The van der Waals surface area contributed by atoms with Crippen molar-refractivity contribution in [1.29, 1.82) is 0 Å². The predicted octanol–water partition coefficient (Wildman–Crippen LogP) is 3.08. The standard InChI is InChI=1S/C22H26F2N2O5S/c1-15(2)12-20(16-6-4-3-5-7-16)26-21(27)14-31-22(28)10-11-25-32(29,30)17-8-9-18(23)19(24)13-17/h3-9,13,15,20,25H,10-12,14H2,1-2H3,(H,26,27). The van der Waals surface area contributed by atoms with Crippen LogP contribution in [0.25, 0.3) is 0 Å². The van der Waals surface area contributed by atoms with E-state index in [0.717, 1.165) is 11.6 Å². The van der Waals surface area contributed by atoms with Crippen molar-refractivity contribution in [3.05, 3.63) is 65.7 Å². The lowest BCUT2D eigenvalue weighted by molar-refractivity contribution is -0.148. The highest BCUT2D eigenvalue weighted by molar-refractivity contribution is 7.89. The smallest absolute Gasteiger partial charge is 0.307 e. The zero-order chi connectivity index (χ0) is 23.7. The Balaban J connectivity index is 1.80. The Labute approximate surface area is 186 Å². The molecule has 1 amide bonds. The average Bonchev–Trinajstić information content (AvgIpc) is 2.74. The number of halogens is 2. The van der Waals surface area contributed by atoms with Gasteiger partial charge in [0.1, 0.15) is 0 Å². The fourth-order valence-corrected chi connectivity index (χ4v) is 3.95. The number of ether oxygens (including phenoxy) is 1. The van der Waals surface area contributed by atoms with Crippen LogP contribution in [0.3, 0.4) is 0 Å². The van der Waals surface area contributed by atoms with Gasteiger partial charge in [-0.2, -0.15) is 0 Å². The molecule has 174 valence electrons. The van der Waals surface area contributed by atoms with Crippen LogP contribution in [0.5, 0.6) is 0 Å². The summed E-state index contributed by atoms with van der Waals surface area (Å²) in [6, 6.07) is 11.3. The summed E-state index contributed by atoms with van der Waals surface area (Å²) in [6.45, 7) is 3.23. The van der Waals surface area contributed by atoms with E-state index >= 15 is 0 Å². The lowest BCUT2D eigenvalue weighted by Gasteiger charge is -2.21. The number of sulfonamides is 1. The molecule has 2 aromatic carbocycles. The van der Waals surface area contributed by atoms with Gasteiger partial charge < -0.3 is 10.1 Å². The molecular weight excluding hydrogens is 442 g/mol. The first kappa shape index (κ1) is 25.4. The van der Waals surface area contributed by atoms with Crippen molar-refractivity contribution < 1.29 is 31.5 Å². The van der Waals surface area contributed by atoms with E-state index in [2.05, 4.69) is 10.0 Å². The maximum Gasteiger partial charge on any atom is 0.307 e. The molecule has 1 unspecified atom stereocenters. The fourth-order valence-electron chi connectivity index (χ4n) is 2.90. The maximum atomic E-state index is 13.2. The van der Waals surface area contributed by atoms with E-state index in [0.29, 0.717) is 24.5 Å². The minimum atomic E-state index is -4.13. The summed E-state index contributed by atoms with van der Waals surface area (Å²) in [5.41, 5.74) is 0.938. The van der Waals surface area contributed by atoms with Gasteiger partial charge in [-0.1, -0.05) is 44.2 Å². The largest absolute Gasteiger partial charge is 0.456 e. The number of hydrogen-bond acceptors (Lipinski definition) is 5. The van der Waals surface area contributed by atoms with Crippen molar-refractivity contribution in [2.45, 2.75) is 37.6 Å². The Morgan fingerprint density at radius 1 is 1.03 bits per heavy atom. The van der Waals surface area contributed by atoms with Crippen molar-refractivity contribution in [3.63, 3.8) is 0 Å². The average molecular weight is 469 g/mol. The lowest BCUT2D eigenvalue weighted by atomic mass is 9.97. The van der Waals surface area contributed by atoms with Crippen LogP contribution in [0.4, 0.5) is 8.78 Å². The van der Waals surface area contributed by atoms with Gasteiger partial charge in [0, 0.05) is 6.54 Å². The predicted molar refractivity (Wildman–Crippen MR) is 114 cm³/mol. The molecule has 10 heteroatoms. The number of benzene rings is 2. The van der Waals surface area contributed by atoms with Crippen LogP contribution in [0.1, 0.15) is 38.3 Å². The highest BCUT2D eigenvalue weighted by atomic mass is 32.2. The molecule has 0 aromatic heterocycles. The van der Waals surface area contributed by atoms with Crippen molar-refractivity contribution in [3.8, 4) is 0 Å². The second kappa shape index (κ2) is 11.7. The minimum absolute atomic E-state index is 0.231. The maximum absolute atomic E-state index is 13.2. The topological polar surface area (TPSA) is 102 Å². The zero-order valence-corrected chi connectivity index (χ0v) is 18.6. The first-order valence-electron chi connectivity index (χ1n) is 10.0. The third kappa shape index (κ3) is 8.01. The monoisotopic (exact) mass is 468 g/mol. The molecule has 0 fully saturated rings. The van der Waals surface area contributed by atoms with Gasteiger partial charge in [0.2, 0.25) is 10.0 Å². The molecule has 0 spiro atoms. The number of carbonyl (C=O) groups excluding carboxylic acids is 2. The van der Waals surface area contributed by atoms with E-state index < -0.39 is 45.0 Å². The van der Waals surface area contributed by atoms with Gasteiger partial charge in [-0.05, 0) is 36.1 Å². The van der Waals surface area contributed by atoms with E-state index in [9.17, 15) is 26.8 Å². The number of amides is 1. The Bertz CT molecular complexity index is 1030. The SMILES string of the molecule is CC(C)CC(NC(=O)COC(=O)CCNS(=O)(=O)c1ccc(F)c(F)c1)c1ccccc1. The Kier molecular flexibility index (Phi) is 9.27. The van der Waals surface area contributed by atoms with E-state index in [1.165, 1.54) is 0 Å². The number of hydrogen-bond donors (Lipinski definition) is 2. The molecule has 7 nitrogen and oxygen atoms in total. The molecule has 0 radical (unpaired) electrons. The van der Waals surface area contributed by atoms with Crippen LogP contribution in [0, 0.1) is 17.6 Å². The van der Waals surface area contributed by atoms with Crippen LogP contribution in [-0.2, 0) is 24.3 Å². The molecule has 0 saturated carbocycles. The van der Waals surface area contributed by atoms with Crippen LogP contribution in [0.2, 0.25) is 0 Å². The van der Waals surface area contributed by atoms with Gasteiger partial charge in [-0.25, -0.2) is 21.9 Å². The van der Waals surface area contributed by atoms with Crippen molar-refractivity contribution in [2.75, 3.05) is 13.2 Å². The number of rotatable bonds is 11. The molecule has 0 saturated heterocycles. The van der Waals surface area contributed by atoms with Crippen LogP contribution in [-0.4, -0.2) is 33.4 Å². The summed E-state index contributed by atoms with van der Waals surface area (Å²) in [7, 11) is -4.13. The van der Waals surface area contributed by atoms with Crippen LogP contribution < -0.4 is 10.0 Å². The normalized spacial score (nSPS) is 12.4. The van der Waals surface area contributed by atoms with Crippen LogP contribution in [0.15, 0.2) is 53.4 Å². The third-order valence-electron chi connectivity index (χ3n) is 4.43. The molecule has 2 rings (SSSR count). The number of nitrogens with one attached hydrogen (secondary N) is 2. The van der Waals surface area contributed by atoms with Crippen molar-refractivity contribution in [2.24, 2.45) is 5.92 Å². The molecule has 32 heavy (non-hydrogen) atoms. The fraction of sp³-hybridized carbons (Fsp3) is 0.364. The second-order valence-electron chi connectivity index (χ2n) is 7.54. The summed E-state index contributed by atoms with van der Waals surface area (Å²) in [5.74, 6) is -3.41. The summed E-state index contributed by atoms with van der Waals surface area (Å²) in [6.07, 6.45) is 0.361. The molecule has 0 aliphatic rings. The molecule has 0 aliphatic heterocycles. The highest BCUT2D eigenvalue weighted by Crippen LogP contribution is 2.21. The van der Waals surface area contributed by atoms with E-state index in [-0.39, 0.29) is 19.0 Å². The quantitative estimate of drug-likeness (QED) is 0.494. The molecule has 0 aliphatic carbocycles. The highest BCUT2D eigenvalue weighted by Gasteiger charge is 2.19. The molecule has 2 aromatic rings. The van der Waals surface area contributed by atoms with Gasteiger partial charge in [0.25, 0.3) is 5.91 Å². The van der Waals surface area contributed by atoms with E-state index in [4.69, 9.17) is 4.74 Å². The molecule has 0 heterocycles. The van der Waals surface area contributed by atoms with Gasteiger partial charge in [0.05, 0.1) is 17.4 Å². The third-order valence-corrected chi connectivity index (χ3v) is 5.89. The molecule has 1 atom stereocenters. The number of esters is 1. The Hall–Kier alpha value is -2.85. The zero-order valence-electron chi connectivity index (χ0n) is 17.8. The Morgan fingerprint density at radius 2 is 1.72 bits per heavy atom. The molecule has 0 bridgehead atoms. The van der Waals surface area contributed by atoms with E-state index in [1.807, 2.05) is 44.2 Å². The van der Waals surface area contributed by atoms with Crippen molar-refractivity contribution in [1.82, 2.24) is 10.0 Å². The lowest BCUT2D eigenvalue weighted by Crippen LogP contribution is -2.33. The molecular formula is C22H26F2N2O5S. The molecule has 2 N–H and O–H groups in total. The first-order valence-corrected chi connectivity index (χ1v) is 11.5. The summed E-state index contributed by atoms with van der Waals surface area (Å²) in [4.78, 5) is 23.6. The van der Waals surface area contributed by atoms with Crippen molar-refractivity contribution >= 4 is 21.9 Å². The van der Waals surface area contributed by atoms with Gasteiger partial charge >= 0.3 is 5.97 Å². The van der Waals surface area contributed by atoms with Gasteiger partial charge in [-0.3, -0.25) is 9.59 Å². The van der Waals surface area contributed by atoms with Gasteiger partial charge in [0.15, 0.2) is 18.2 Å². The minimum Gasteiger partial charge on any atom is -0.456 e. The summed E-state index contributed by atoms with van der Waals surface area (Å²) < 4.78 is 57.3. The summed E-state index contributed by atoms with van der Waals surface area (Å²) >= 11 is 0. The first-order chi connectivity index (χ1) is 15.1. The second-order valence-corrected chi connectivity index (χ2v) is 9.31. The summed E-state index contributed by atoms with van der Waals surface area (Å²) in [5, 5.41) is 2.84.